The van der Waals surface area contributed by atoms with E-state index in [4.69, 9.17) is 27.1 Å². The lowest BCUT2D eigenvalue weighted by molar-refractivity contribution is 0.0594. The molecule has 3 aromatic heterocycles. The molecule has 0 radical (unpaired) electrons. The fourth-order valence-electron chi connectivity index (χ4n) is 7.32. The van der Waals surface area contributed by atoms with Crippen molar-refractivity contribution in [1.29, 1.82) is 0 Å². The Morgan fingerprint density at radius 1 is 1.07 bits per heavy atom. The topological polar surface area (TPSA) is 102 Å². The number of rotatable bonds is 7. The number of aromatic nitrogens is 4. The van der Waals surface area contributed by atoms with Crippen LogP contribution in [-0.2, 0) is 11.2 Å². The number of aliphatic hydroxyl groups is 1. The van der Waals surface area contributed by atoms with Gasteiger partial charge in [0.1, 0.15) is 16.5 Å². The number of likely N-dealkylation sites (tertiary alicyclic amines) is 1. The number of thiazole rings is 1. The zero-order chi connectivity index (χ0) is 27.9. The highest BCUT2D eigenvalue weighted by Gasteiger charge is 2.41. The summed E-state index contributed by atoms with van der Waals surface area (Å²) in [6, 6.07) is 10.5. The maximum absolute atomic E-state index is 11.3. The Labute approximate surface area is 249 Å². The molecule has 0 bridgehead atoms. The number of nitrogen functional groups attached to an aromatic ring is 1. The van der Waals surface area contributed by atoms with Gasteiger partial charge in [0, 0.05) is 42.8 Å². The Morgan fingerprint density at radius 3 is 2.68 bits per heavy atom. The van der Waals surface area contributed by atoms with Crippen molar-refractivity contribution >= 4 is 39.8 Å². The average molecular weight is 593 g/mol. The van der Waals surface area contributed by atoms with Crippen molar-refractivity contribution in [3.63, 3.8) is 0 Å². The summed E-state index contributed by atoms with van der Waals surface area (Å²) in [7, 11) is 0. The quantitative estimate of drug-likeness (QED) is 0.275. The van der Waals surface area contributed by atoms with Crippen LogP contribution in [0.2, 0.25) is 5.28 Å². The highest BCUT2D eigenvalue weighted by atomic mass is 35.5. The smallest absolute Gasteiger partial charge is 0.226 e. The molecule has 3 N–H and O–H groups in total. The van der Waals surface area contributed by atoms with E-state index in [1.165, 1.54) is 12.0 Å². The Kier molecular flexibility index (Phi) is 7.73. The zero-order valence-corrected chi connectivity index (χ0v) is 24.7. The molecule has 10 heteroatoms. The van der Waals surface area contributed by atoms with E-state index in [9.17, 15) is 5.11 Å². The molecule has 1 aromatic carbocycles. The minimum atomic E-state index is -0.326. The molecule has 7 rings (SSSR count). The first kappa shape index (κ1) is 27.3. The van der Waals surface area contributed by atoms with Crippen molar-refractivity contribution in [1.82, 2.24) is 24.4 Å². The van der Waals surface area contributed by atoms with Crippen LogP contribution in [0.4, 0.5) is 5.82 Å². The SMILES string of the molecule is Nc1nc(Cl)nc2c1c(-c1nc(Cc3ccccc3)cs1)cn2[C@@H]1C[C@H](C2CCN(CC3CCOC3)CC2)[C@@H](O)C1. The Morgan fingerprint density at radius 2 is 1.90 bits per heavy atom. The highest BCUT2D eigenvalue weighted by Crippen LogP contribution is 2.45. The molecular formula is C31H37ClN6O2S. The number of hydrogen-bond acceptors (Lipinski definition) is 8. The van der Waals surface area contributed by atoms with Crippen molar-refractivity contribution in [2.24, 2.45) is 17.8 Å². The summed E-state index contributed by atoms with van der Waals surface area (Å²) < 4.78 is 7.76. The van der Waals surface area contributed by atoms with Gasteiger partial charge in [0.05, 0.1) is 23.8 Å². The van der Waals surface area contributed by atoms with Gasteiger partial charge in [0.2, 0.25) is 5.28 Å². The Hall–Kier alpha value is -2.56. The third-order valence-electron chi connectivity index (χ3n) is 9.41. The van der Waals surface area contributed by atoms with E-state index in [0.717, 1.165) is 85.8 Å². The molecule has 41 heavy (non-hydrogen) atoms. The van der Waals surface area contributed by atoms with E-state index >= 15 is 0 Å². The number of piperidine rings is 1. The lowest BCUT2D eigenvalue weighted by Crippen LogP contribution is -2.40. The normalized spacial score (nSPS) is 25.9. The maximum Gasteiger partial charge on any atom is 0.226 e. The van der Waals surface area contributed by atoms with Crippen molar-refractivity contribution in [2.75, 3.05) is 38.6 Å². The van der Waals surface area contributed by atoms with E-state index in [-0.39, 0.29) is 23.3 Å². The molecule has 3 fully saturated rings. The largest absolute Gasteiger partial charge is 0.393 e. The van der Waals surface area contributed by atoms with Crippen LogP contribution in [0.25, 0.3) is 21.6 Å². The molecule has 0 spiro atoms. The molecule has 2 saturated heterocycles. The van der Waals surface area contributed by atoms with Crippen LogP contribution in [0, 0.1) is 17.8 Å². The molecule has 0 amide bonds. The minimum absolute atomic E-state index is 0.119. The van der Waals surface area contributed by atoms with E-state index in [1.54, 1.807) is 11.3 Å². The number of hydrogen-bond donors (Lipinski definition) is 2. The molecular weight excluding hydrogens is 556 g/mol. The molecule has 8 nitrogen and oxygen atoms in total. The molecule has 216 valence electrons. The molecule has 4 atom stereocenters. The van der Waals surface area contributed by atoms with Crippen molar-refractivity contribution in [3.05, 3.63) is 58.4 Å². The van der Waals surface area contributed by atoms with E-state index in [2.05, 4.69) is 55.3 Å². The first-order chi connectivity index (χ1) is 20.0. The summed E-state index contributed by atoms with van der Waals surface area (Å²) in [6.45, 7) is 5.18. The number of nitrogens with two attached hydrogens (primary N) is 1. The standard InChI is InChI=1S/C31H37ClN6O2S/c32-31-35-28(33)27-25(30-34-22(18-41-30)12-19-4-2-1-3-5-19)16-38(29(27)36-31)23-13-24(26(39)14-23)21-6-9-37(10-7-21)15-20-8-11-40-17-20/h1-5,16,18,20-21,23-24,26,39H,6-15,17H2,(H2,33,35,36)/t20?,23-,24-,26+/m1/s1. The molecule has 1 unspecified atom stereocenters. The predicted molar refractivity (Wildman–Crippen MR) is 163 cm³/mol. The van der Waals surface area contributed by atoms with Crippen LogP contribution < -0.4 is 5.73 Å². The van der Waals surface area contributed by atoms with Gasteiger partial charge < -0.3 is 25.0 Å². The summed E-state index contributed by atoms with van der Waals surface area (Å²) in [5, 5.41) is 15.2. The molecule has 5 heterocycles. The number of halogens is 1. The van der Waals surface area contributed by atoms with Crippen molar-refractivity contribution in [2.45, 2.75) is 50.7 Å². The van der Waals surface area contributed by atoms with Gasteiger partial charge in [-0.05, 0) is 80.1 Å². The van der Waals surface area contributed by atoms with Crippen LogP contribution >= 0.6 is 22.9 Å². The lowest BCUT2D eigenvalue weighted by Gasteiger charge is -2.36. The Balaban J connectivity index is 1.11. The fourth-order valence-corrected chi connectivity index (χ4v) is 8.32. The van der Waals surface area contributed by atoms with Gasteiger partial charge in [-0.15, -0.1) is 11.3 Å². The van der Waals surface area contributed by atoms with Crippen LogP contribution in [-0.4, -0.2) is 68.5 Å². The van der Waals surface area contributed by atoms with Gasteiger partial charge in [-0.1, -0.05) is 30.3 Å². The Bertz CT molecular complexity index is 1500. The zero-order valence-electron chi connectivity index (χ0n) is 23.2. The summed E-state index contributed by atoms with van der Waals surface area (Å²) in [5.41, 5.74) is 10.4. The number of ether oxygens (including phenoxy) is 1. The molecule has 1 saturated carbocycles. The van der Waals surface area contributed by atoms with Crippen molar-refractivity contribution in [3.8, 4) is 10.6 Å². The molecule has 3 aliphatic rings. The summed E-state index contributed by atoms with van der Waals surface area (Å²) in [5.74, 6) is 1.86. The number of aliphatic hydroxyl groups excluding tert-OH is 1. The van der Waals surface area contributed by atoms with E-state index in [0.29, 0.717) is 24.1 Å². The monoisotopic (exact) mass is 592 g/mol. The van der Waals surface area contributed by atoms with Crippen LogP contribution in [0.3, 0.4) is 0 Å². The fraction of sp³-hybridized carbons (Fsp3) is 0.516. The predicted octanol–water partition coefficient (Wildman–Crippen LogP) is 5.44. The first-order valence-electron chi connectivity index (χ1n) is 14.8. The van der Waals surface area contributed by atoms with Gasteiger partial charge in [0.25, 0.3) is 0 Å². The number of benzene rings is 1. The van der Waals surface area contributed by atoms with Gasteiger partial charge in [-0.2, -0.15) is 4.98 Å². The second-order valence-electron chi connectivity index (χ2n) is 12.1. The van der Waals surface area contributed by atoms with E-state index < -0.39 is 0 Å². The van der Waals surface area contributed by atoms with Gasteiger partial charge in [-0.3, -0.25) is 0 Å². The van der Waals surface area contributed by atoms with Gasteiger partial charge in [-0.25, -0.2) is 9.97 Å². The maximum atomic E-state index is 11.3. The summed E-state index contributed by atoms with van der Waals surface area (Å²) in [4.78, 5) is 16.5. The van der Waals surface area contributed by atoms with Gasteiger partial charge >= 0.3 is 0 Å². The molecule has 4 aromatic rings. The summed E-state index contributed by atoms with van der Waals surface area (Å²) >= 11 is 7.93. The van der Waals surface area contributed by atoms with Crippen LogP contribution in [0.1, 0.15) is 49.4 Å². The number of anilines is 1. The van der Waals surface area contributed by atoms with Crippen LogP contribution in [0.15, 0.2) is 41.9 Å². The average Bonchev–Trinajstić information content (AvgIpc) is 3.77. The third kappa shape index (κ3) is 5.62. The third-order valence-corrected chi connectivity index (χ3v) is 10.5. The molecule has 2 aliphatic heterocycles. The van der Waals surface area contributed by atoms with Crippen LogP contribution in [0.5, 0.6) is 0 Å². The lowest BCUT2D eigenvalue weighted by atomic mass is 9.82. The first-order valence-corrected chi connectivity index (χ1v) is 16.1. The summed E-state index contributed by atoms with van der Waals surface area (Å²) in [6.07, 6.45) is 7.65. The molecule has 1 aliphatic carbocycles. The second kappa shape index (κ2) is 11.6. The number of nitrogens with zero attached hydrogens (tertiary/aromatic N) is 5. The van der Waals surface area contributed by atoms with Gasteiger partial charge in [0.15, 0.2) is 0 Å². The van der Waals surface area contributed by atoms with E-state index in [1.807, 2.05) is 6.07 Å². The number of fused-ring (bicyclic) bond motifs is 1. The second-order valence-corrected chi connectivity index (χ2v) is 13.3. The minimum Gasteiger partial charge on any atom is -0.393 e. The highest BCUT2D eigenvalue weighted by molar-refractivity contribution is 7.13. The van der Waals surface area contributed by atoms with Crippen molar-refractivity contribution < 1.29 is 9.84 Å².